The normalized spacial score (nSPS) is 16.2. The monoisotopic (exact) mass is 469 g/mol. The summed E-state index contributed by atoms with van der Waals surface area (Å²) in [6.45, 7) is 8.29. The SMILES string of the molecule is C=C/C(Oc1ccc2nc(N)sc2c1)=C1/C=C(CC)C(CC)=CC1=NCC(=O)c1ccccc1. The molecule has 6 heteroatoms. The van der Waals surface area contributed by atoms with E-state index in [2.05, 4.69) is 37.6 Å². The second-order valence-electron chi connectivity index (χ2n) is 7.80. The van der Waals surface area contributed by atoms with Crippen LogP contribution >= 0.6 is 11.3 Å². The minimum atomic E-state index is -0.0292. The Bertz CT molecular complexity index is 1360. The summed E-state index contributed by atoms with van der Waals surface area (Å²) in [5, 5.41) is 0.520. The Morgan fingerprint density at radius 2 is 1.85 bits per heavy atom. The first kappa shape index (κ1) is 23.4. The number of carbonyl (C=O) groups is 1. The highest BCUT2D eigenvalue weighted by Crippen LogP contribution is 2.31. The van der Waals surface area contributed by atoms with Crippen molar-refractivity contribution in [1.29, 1.82) is 0 Å². The van der Waals surface area contributed by atoms with Crippen LogP contribution in [0.2, 0.25) is 0 Å². The summed E-state index contributed by atoms with van der Waals surface area (Å²) in [5.74, 6) is 1.22. The number of hydrogen-bond acceptors (Lipinski definition) is 6. The van der Waals surface area contributed by atoms with E-state index >= 15 is 0 Å². The highest BCUT2D eigenvalue weighted by molar-refractivity contribution is 7.22. The molecule has 0 saturated carbocycles. The lowest BCUT2D eigenvalue weighted by Crippen LogP contribution is -2.14. The molecule has 0 aliphatic heterocycles. The van der Waals surface area contributed by atoms with Gasteiger partial charge >= 0.3 is 0 Å². The van der Waals surface area contributed by atoms with Crippen LogP contribution in [0.5, 0.6) is 5.75 Å². The van der Waals surface area contributed by atoms with Crippen molar-refractivity contribution in [3.63, 3.8) is 0 Å². The fraction of sp³-hybridized carbons (Fsp3) is 0.179. The van der Waals surface area contributed by atoms with E-state index in [4.69, 9.17) is 15.5 Å². The number of nitrogens with two attached hydrogens (primary N) is 1. The van der Waals surface area contributed by atoms with Gasteiger partial charge in [-0.3, -0.25) is 9.79 Å². The molecular weight excluding hydrogens is 442 g/mol. The molecule has 2 aromatic carbocycles. The van der Waals surface area contributed by atoms with Crippen molar-refractivity contribution >= 4 is 38.2 Å². The summed E-state index contributed by atoms with van der Waals surface area (Å²) in [7, 11) is 0. The maximum atomic E-state index is 12.7. The Balaban J connectivity index is 1.72. The number of allylic oxidation sites excluding steroid dienone is 6. The minimum absolute atomic E-state index is 0.0292. The Morgan fingerprint density at radius 1 is 1.12 bits per heavy atom. The highest BCUT2D eigenvalue weighted by Gasteiger charge is 2.19. The lowest BCUT2D eigenvalue weighted by Gasteiger charge is -2.20. The fourth-order valence-corrected chi connectivity index (χ4v) is 4.62. The molecule has 1 heterocycles. The third-order valence-electron chi connectivity index (χ3n) is 5.62. The molecule has 0 spiro atoms. The number of ketones is 1. The maximum absolute atomic E-state index is 12.7. The van der Waals surface area contributed by atoms with Crippen LogP contribution in [0.15, 0.2) is 101 Å². The topological polar surface area (TPSA) is 77.6 Å². The molecule has 0 radical (unpaired) electrons. The summed E-state index contributed by atoms with van der Waals surface area (Å²) >= 11 is 1.42. The van der Waals surface area contributed by atoms with Crippen LogP contribution in [0, 0.1) is 0 Å². The first-order chi connectivity index (χ1) is 16.5. The number of thiazole rings is 1. The number of nitrogens with zero attached hydrogens (tertiary/aromatic N) is 2. The molecule has 5 nitrogen and oxygen atoms in total. The number of fused-ring (bicyclic) bond motifs is 1. The molecule has 1 aliphatic rings. The van der Waals surface area contributed by atoms with E-state index in [0.717, 1.165) is 34.3 Å². The zero-order valence-electron chi connectivity index (χ0n) is 19.4. The number of aliphatic imine (C=N–C) groups is 1. The second kappa shape index (κ2) is 10.4. The van der Waals surface area contributed by atoms with Gasteiger partial charge in [0.15, 0.2) is 10.9 Å². The number of anilines is 1. The first-order valence-electron chi connectivity index (χ1n) is 11.3. The van der Waals surface area contributed by atoms with Gasteiger partial charge in [-0.2, -0.15) is 0 Å². The molecule has 172 valence electrons. The largest absolute Gasteiger partial charge is 0.457 e. The van der Waals surface area contributed by atoms with Gasteiger partial charge in [0.1, 0.15) is 18.1 Å². The Hall–Kier alpha value is -3.77. The van der Waals surface area contributed by atoms with Crippen LogP contribution in [0.3, 0.4) is 0 Å². The summed E-state index contributed by atoms with van der Waals surface area (Å²) in [4.78, 5) is 21.7. The molecule has 1 aliphatic carbocycles. The number of ether oxygens (including phenoxy) is 1. The fourth-order valence-electron chi connectivity index (χ4n) is 3.85. The average Bonchev–Trinajstić information content (AvgIpc) is 3.25. The van der Waals surface area contributed by atoms with E-state index in [-0.39, 0.29) is 12.3 Å². The standard InChI is InChI=1S/C28H27N3O2S/c1-4-18-14-22(26(6-3)33-21-12-13-23-27(16-21)34-28(29)31-23)24(15-19(18)5-2)30-17-25(32)20-10-8-7-9-11-20/h6-16H,3-5,17H2,1-2H3,(H2,29,31)/b26-22+,30-24?. The van der Waals surface area contributed by atoms with Crippen molar-refractivity contribution in [2.24, 2.45) is 4.99 Å². The predicted molar refractivity (Wildman–Crippen MR) is 142 cm³/mol. The third-order valence-corrected chi connectivity index (χ3v) is 6.47. The van der Waals surface area contributed by atoms with Crippen molar-refractivity contribution < 1.29 is 9.53 Å². The van der Waals surface area contributed by atoms with Crippen molar-refractivity contribution in [3.05, 3.63) is 101 Å². The zero-order valence-corrected chi connectivity index (χ0v) is 20.2. The number of hydrogen-bond donors (Lipinski definition) is 1. The van der Waals surface area contributed by atoms with Crippen molar-refractivity contribution in [1.82, 2.24) is 4.98 Å². The van der Waals surface area contributed by atoms with E-state index in [1.165, 1.54) is 22.5 Å². The molecule has 34 heavy (non-hydrogen) atoms. The number of benzene rings is 2. The molecule has 3 aromatic rings. The van der Waals surface area contributed by atoms with Crippen LogP contribution in [0.25, 0.3) is 10.2 Å². The lowest BCUT2D eigenvalue weighted by molar-refractivity contribution is 0.100. The molecule has 0 bridgehead atoms. The Labute approximate surface area is 203 Å². The second-order valence-corrected chi connectivity index (χ2v) is 8.86. The number of Topliss-reactive ketones (excluding diaryl/α,β-unsaturated/α-hetero) is 1. The molecule has 0 unspecified atom stereocenters. The molecule has 0 amide bonds. The Kier molecular flexibility index (Phi) is 7.18. The van der Waals surface area contributed by atoms with Crippen molar-refractivity contribution in [2.75, 3.05) is 12.3 Å². The number of rotatable bonds is 8. The van der Waals surface area contributed by atoms with Gasteiger partial charge in [-0.05, 0) is 54.3 Å². The molecule has 0 fully saturated rings. The molecule has 0 saturated heterocycles. The summed E-state index contributed by atoms with van der Waals surface area (Å²) in [5.41, 5.74) is 11.3. The zero-order chi connectivity index (χ0) is 24.1. The smallest absolute Gasteiger partial charge is 0.184 e. The van der Waals surface area contributed by atoms with E-state index in [1.54, 1.807) is 6.08 Å². The van der Waals surface area contributed by atoms with E-state index in [9.17, 15) is 4.79 Å². The van der Waals surface area contributed by atoms with Crippen molar-refractivity contribution in [3.8, 4) is 5.75 Å². The van der Waals surface area contributed by atoms with Crippen LogP contribution in [-0.4, -0.2) is 23.0 Å². The first-order valence-corrected chi connectivity index (χ1v) is 12.1. The van der Waals surface area contributed by atoms with Crippen LogP contribution in [-0.2, 0) is 0 Å². The van der Waals surface area contributed by atoms with Crippen LogP contribution < -0.4 is 10.5 Å². The van der Waals surface area contributed by atoms with Gasteiger partial charge in [-0.1, -0.05) is 62.1 Å². The average molecular weight is 470 g/mol. The maximum Gasteiger partial charge on any atom is 0.184 e. The molecular formula is C28H27N3O2S. The Morgan fingerprint density at radius 3 is 2.56 bits per heavy atom. The summed E-state index contributed by atoms with van der Waals surface area (Å²) in [6, 6.07) is 14.9. The van der Waals surface area contributed by atoms with E-state index in [1.807, 2.05) is 48.5 Å². The number of carbonyl (C=O) groups excluding carboxylic acids is 1. The van der Waals surface area contributed by atoms with Gasteiger partial charge in [-0.25, -0.2) is 4.98 Å². The number of nitrogen functional groups attached to an aromatic ring is 1. The summed E-state index contributed by atoms with van der Waals surface area (Å²) in [6.07, 6.45) is 7.61. The lowest BCUT2D eigenvalue weighted by atomic mass is 9.89. The van der Waals surface area contributed by atoms with Crippen molar-refractivity contribution in [2.45, 2.75) is 26.7 Å². The minimum Gasteiger partial charge on any atom is -0.457 e. The van der Waals surface area contributed by atoms with Gasteiger partial charge in [0, 0.05) is 17.2 Å². The molecule has 0 atom stereocenters. The van der Waals surface area contributed by atoms with Gasteiger partial charge in [0.05, 0.1) is 15.9 Å². The van der Waals surface area contributed by atoms with E-state index < -0.39 is 0 Å². The molecule has 4 rings (SSSR count). The molecule has 2 N–H and O–H groups in total. The van der Waals surface area contributed by atoms with Gasteiger partial charge < -0.3 is 10.5 Å². The van der Waals surface area contributed by atoms with E-state index in [0.29, 0.717) is 22.2 Å². The summed E-state index contributed by atoms with van der Waals surface area (Å²) < 4.78 is 7.22. The quantitative estimate of drug-likeness (QED) is 0.294. The van der Waals surface area contributed by atoms with Gasteiger partial charge in [0.25, 0.3) is 0 Å². The molecule has 1 aromatic heterocycles. The highest BCUT2D eigenvalue weighted by atomic mass is 32.1. The van der Waals surface area contributed by atoms with Crippen LogP contribution in [0.1, 0.15) is 37.0 Å². The van der Waals surface area contributed by atoms with Crippen LogP contribution in [0.4, 0.5) is 5.13 Å². The van der Waals surface area contributed by atoms with Gasteiger partial charge in [0.2, 0.25) is 0 Å². The third kappa shape index (κ3) is 5.07. The number of aromatic nitrogens is 1. The van der Waals surface area contributed by atoms with Gasteiger partial charge in [-0.15, -0.1) is 0 Å². The predicted octanol–water partition coefficient (Wildman–Crippen LogP) is 6.71.